The third kappa shape index (κ3) is 4.17. The second-order valence-electron chi connectivity index (χ2n) is 7.24. The summed E-state index contributed by atoms with van der Waals surface area (Å²) in [4.78, 5) is 37.7. The van der Waals surface area contributed by atoms with E-state index in [1.807, 2.05) is 0 Å². The number of urea groups is 1. The topological polar surface area (TPSA) is 134 Å². The fourth-order valence-corrected chi connectivity index (χ4v) is 4.83. The number of hydrogen-bond donors (Lipinski definition) is 3. The SMILES string of the molecule is CCOC(=O)C1=C(CN2C(=O)[C@H](C(C)C)NS2(=O)=O)NC(=O)NC1c1ccccc1. The molecule has 2 aliphatic rings. The fraction of sp³-hybridized carbons (Fsp3) is 0.421. The maximum absolute atomic E-state index is 12.7. The van der Waals surface area contributed by atoms with Gasteiger partial charge in [0, 0.05) is 0 Å². The van der Waals surface area contributed by atoms with Gasteiger partial charge in [0.25, 0.3) is 5.91 Å². The minimum Gasteiger partial charge on any atom is -0.463 e. The Morgan fingerprint density at radius 2 is 1.87 bits per heavy atom. The van der Waals surface area contributed by atoms with Gasteiger partial charge in [-0.2, -0.15) is 13.1 Å². The molecule has 1 aromatic rings. The van der Waals surface area contributed by atoms with Crippen molar-refractivity contribution < 1.29 is 27.5 Å². The molecule has 0 aliphatic carbocycles. The summed E-state index contributed by atoms with van der Waals surface area (Å²) in [5.41, 5.74) is 0.648. The van der Waals surface area contributed by atoms with Gasteiger partial charge in [-0.1, -0.05) is 44.2 Å². The van der Waals surface area contributed by atoms with Crippen molar-refractivity contribution in [2.45, 2.75) is 32.9 Å². The van der Waals surface area contributed by atoms with Crippen molar-refractivity contribution in [3.63, 3.8) is 0 Å². The molecular weight excluding hydrogens is 412 g/mol. The molecule has 1 saturated heterocycles. The lowest BCUT2D eigenvalue weighted by atomic mass is 9.95. The summed E-state index contributed by atoms with van der Waals surface area (Å²) in [6, 6.07) is 6.34. The van der Waals surface area contributed by atoms with Crippen LogP contribution in [-0.2, 0) is 24.5 Å². The largest absolute Gasteiger partial charge is 0.463 e. The Bertz CT molecular complexity index is 990. The normalized spacial score (nSPS) is 23.4. The van der Waals surface area contributed by atoms with Gasteiger partial charge in [0.1, 0.15) is 6.04 Å². The van der Waals surface area contributed by atoms with Gasteiger partial charge in [0.05, 0.1) is 30.5 Å². The highest BCUT2D eigenvalue weighted by Crippen LogP contribution is 2.29. The van der Waals surface area contributed by atoms with Crippen LogP contribution >= 0.6 is 0 Å². The Hall–Kier alpha value is -2.92. The van der Waals surface area contributed by atoms with E-state index in [1.54, 1.807) is 51.1 Å². The quantitative estimate of drug-likeness (QED) is 0.558. The molecule has 0 saturated carbocycles. The number of ether oxygens (including phenoxy) is 1. The van der Waals surface area contributed by atoms with Gasteiger partial charge in [-0.25, -0.2) is 13.9 Å². The number of carbonyl (C=O) groups excluding carboxylic acids is 3. The predicted molar refractivity (Wildman–Crippen MR) is 107 cm³/mol. The van der Waals surface area contributed by atoms with E-state index in [9.17, 15) is 22.8 Å². The Kier molecular flexibility index (Phi) is 6.13. The van der Waals surface area contributed by atoms with Gasteiger partial charge >= 0.3 is 22.2 Å². The number of nitrogens with one attached hydrogen (secondary N) is 3. The maximum Gasteiger partial charge on any atom is 0.338 e. The second-order valence-corrected chi connectivity index (χ2v) is 8.87. The number of amides is 3. The Morgan fingerprint density at radius 1 is 1.20 bits per heavy atom. The summed E-state index contributed by atoms with van der Waals surface area (Å²) >= 11 is 0. The number of esters is 1. The summed E-state index contributed by atoms with van der Waals surface area (Å²) in [5, 5.41) is 5.14. The molecule has 11 heteroatoms. The highest BCUT2D eigenvalue weighted by atomic mass is 32.2. The van der Waals surface area contributed by atoms with E-state index >= 15 is 0 Å². The van der Waals surface area contributed by atoms with Crippen LogP contribution in [0.2, 0.25) is 0 Å². The van der Waals surface area contributed by atoms with Gasteiger partial charge in [-0.05, 0) is 18.4 Å². The van der Waals surface area contributed by atoms with E-state index < -0.39 is 46.7 Å². The van der Waals surface area contributed by atoms with Crippen molar-refractivity contribution in [2.75, 3.05) is 13.2 Å². The molecule has 2 aliphatic heterocycles. The van der Waals surface area contributed by atoms with E-state index in [2.05, 4.69) is 15.4 Å². The van der Waals surface area contributed by atoms with Crippen LogP contribution in [0.15, 0.2) is 41.6 Å². The van der Waals surface area contributed by atoms with Crippen LogP contribution in [0, 0.1) is 5.92 Å². The third-order valence-electron chi connectivity index (χ3n) is 4.83. The van der Waals surface area contributed by atoms with Crippen molar-refractivity contribution in [1.82, 2.24) is 19.7 Å². The van der Waals surface area contributed by atoms with Crippen LogP contribution in [0.5, 0.6) is 0 Å². The highest BCUT2D eigenvalue weighted by molar-refractivity contribution is 7.88. The predicted octanol–water partition coefficient (Wildman–Crippen LogP) is 0.559. The zero-order valence-electron chi connectivity index (χ0n) is 16.8. The van der Waals surface area contributed by atoms with Gasteiger partial charge in [-0.3, -0.25) is 4.79 Å². The van der Waals surface area contributed by atoms with Crippen molar-refractivity contribution >= 4 is 28.1 Å². The van der Waals surface area contributed by atoms with Crippen LogP contribution in [0.3, 0.4) is 0 Å². The third-order valence-corrected chi connectivity index (χ3v) is 6.27. The van der Waals surface area contributed by atoms with Crippen LogP contribution in [0.1, 0.15) is 32.4 Å². The highest BCUT2D eigenvalue weighted by Gasteiger charge is 2.46. The number of carbonyl (C=O) groups is 3. The van der Waals surface area contributed by atoms with Gasteiger partial charge < -0.3 is 15.4 Å². The average Bonchev–Trinajstić information content (AvgIpc) is 2.92. The minimum atomic E-state index is -4.12. The first kappa shape index (κ1) is 21.8. The summed E-state index contributed by atoms with van der Waals surface area (Å²) in [6.07, 6.45) is 0. The van der Waals surface area contributed by atoms with Gasteiger partial charge in [0.15, 0.2) is 0 Å². The van der Waals surface area contributed by atoms with E-state index in [4.69, 9.17) is 4.74 Å². The van der Waals surface area contributed by atoms with E-state index in [1.165, 1.54) is 0 Å². The lowest BCUT2D eigenvalue weighted by molar-refractivity contribution is -0.139. The van der Waals surface area contributed by atoms with Crippen LogP contribution in [0.4, 0.5) is 4.79 Å². The molecule has 0 radical (unpaired) electrons. The minimum absolute atomic E-state index is 0.00539. The van der Waals surface area contributed by atoms with Crippen molar-refractivity contribution in [2.24, 2.45) is 5.92 Å². The molecule has 1 unspecified atom stereocenters. The number of rotatable bonds is 6. The van der Waals surface area contributed by atoms with Crippen molar-refractivity contribution in [1.29, 1.82) is 0 Å². The molecule has 3 N–H and O–H groups in total. The summed E-state index contributed by atoms with van der Waals surface area (Å²) in [6.45, 7) is 4.66. The lowest BCUT2D eigenvalue weighted by Gasteiger charge is -2.30. The maximum atomic E-state index is 12.7. The zero-order chi connectivity index (χ0) is 22.1. The second kappa shape index (κ2) is 8.44. The van der Waals surface area contributed by atoms with Crippen LogP contribution in [0.25, 0.3) is 0 Å². The molecule has 0 aromatic heterocycles. The molecule has 3 rings (SSSR count). The molecule has 30 heavy (non-hydrogen) atoms. The number of hydrogen-bond acceptors (Lipinski definition) is 6. The van der Waals surface area contributed by atoms with E-state index in [-0.39, 0.29) is 23.8 Å². The van der Waals surface area contributed by atoms with Crippen molar-refractivity contribution in [3.05, 3.63) is 47.2 Å². The molecule has 1 aromatic carbocycles. The summed E-state index contributed by atoms with van der Waals surface area (Å²) < 4.78 is 33.2. The van der Waals surface area contributed by atoms with E-state index in [0.717, 1.165) is 0 Å². The molecule has 10 nitrogen and oxygen atoms in total. The Labute approximate surface area is 174 Å². The smallest absolute Gasteiger partial charge is 0.338 e. The molecule has 2 heterocycles. The monoisotopic (exact) mass is 436 g/mol. The summed E-state index contributed by atoms with van der Waals surface area (Å²) in [5.74, 6) is -1.63. The van der Waals surface area contributed by atoms with Crippen LogP contribution in [-0.4, -0.2) is 49.8 Å². The van der Waals surface area contributed by atoms with E-state index in [0.29, 0.717) is 9.87 Å². The lowest BCUT2D eigenvalue weighted by Crippen LogP contribution is -2.49. The average molecular weight is 436 g/mol. The first-order valence-electron chi connectivity index (χ1n) is 9.52. The van der Waals surface area contributed by atoms with Crippen LogP contribution < -0.4 is 15.4 Å². The summed E-state index contributed by atoms with van der Waals surface area (Å²) in [7, 11) is -4.12. The zero-order valence-corrected chi connectivity index (χ0v) is 17.7. The van der Waals surface area contributed by atoms with Gasteiger partial charge in [0.2, 0.25) is 0 Å². The first-order valence-corrected chi connectivity index (χ1v) is 11.0. The Morgan fingerprint density at radius 3 is 2.43 bits per heavy atom. The molecule has 3 amide bonds. The molecular formula is C19H24N4O6S. The first-order chi connectivity index (χ1) is 14.2. The number of benzene rings is 1. The molecule has 2 atom stereocenters. The van der Waals surface area contributed by atoms with Gasteiger partial charge in [-0.15, -0.1) is 0 Å². The standard InChI is InChI=1S/C19H24N4O6S/c1-4-29-18(25)14-13(10-23-17(24)15(11(2)3)22-30(23,27)28)20-19(26)21-16(14)12-8-6-5-7-9-12/h5-9,11,15-16,22H,4,10H2,1-3H3,(H2,20,21,26)/t15-,16?/m0/s1. The molecule has 0 spiro atoms. The number of nitrogens with zero attached hydrogens (tertiary/aromatic N) is 1. The molecule has 162 valence electrons. The Balaban J connectivity index is 2.06. The fourth-order valence-electron chi connectivity index (χ4n) is 3.36. The molecule has 0 bridgehead atoms. The van der Waals surface area contributed by atoms with Crippen molar-refractivity contribution in [3.8, 4) is 0 Å². The molecule has 1 fully saturated rings.